The average Bonchev–Trinajstić information content (AvgIpc) is 3.40. The highest BCUT2D eigenvalue weighted by Crippen LogP contribution is 2.56. The van der Waals surface area contributed by atoms with Crippen LogP contribution in [0.4, 0.5) is 33.3 Å². The predicted octanol–water partition coefficient (Wildman–Crippen LogP) is 4.74. The van der Waals surface area contributed by atoms with Crippen molar-refractivity contribution in [1.29, 1.82) is 0 Å². The lowest BCUT2D eigenvalue weighted by Gasteiger charge is -2.31. The monoisotopic (exact) mass is 440 g/mol. The van der Waals surface area contributed by atoms with Gasteiger partial charge in [0.05, 0.1) is 30.2 Å². The van der Waals surface area contributed by atoms with Crippen molar-refractivity contribution >= 4 is 17.3 Å². The highest BCUT2D eigenvalue weighted by Gasteiger charge is 2.58. The van der Waals surface area contributed by atoms with E-state index in [2.05, 4.69) is 5.32 Å². The number of hydrogen-bond donors (Lipinski definition) is 1. The average molecular weight is 440 g/mol. The van der Waals surface area contributed by atoms with Crippen LogP contribution in [-0.4, -0.2) is 32.2 Å². The molecule has 4 rings (SSSR count). The van der Waals surface area contributed by atoms with E-state index in [1.54, 1.807) is 6.92 Å². The van der Waals surface area contributed by atoms with Crippen LogP contribution in [0.15, 0.2) is 36.4 Å². The van der Waals surface area contributed by atoms with Gasteiger partial charge in [-0.15, -0.1) is 0 Å². The number of nitrogens with one attached hydrogen (secondary N) is 1. The van der Waals surface area contributed by atoms with Gasteiger partial charge in [-0.2, -0.15) is 13.2 Å². The van der Waals surface area contributed by atoms with Crippen molar-refractivity contribution in [2.45, 2.75) is 24.9 Å². The molecule has 0 spiro atoms. The number of amides is 1. The molecule has 31 heavy (non-hydrogen) atoms. The Kier molecular flexibility index (Phi) is 5.41. The number of nitrogens with zero attached hydrogens (tertiary/aromatic N) is 1. The molecule has 1 aliphatic heterocycles. The van der Waals surface area contributed by atoms with Gasteiger partial charge in [0.2, 0.25) is 5.91 Å². The third-order valence-corrected chi connectivity index (χ3v) is 6.02. The lowest BCUT2D eigenvalue weighted by Crippen LogP contribution is -2.37. The summed E-state index contributed by atoms with van der Waals surface area (Å²) >= 11 is 0. The quantitative estimate of drug-likeness (QED) is 0.699. The third-order valence-electron chi connectivity index (χ3n) is 6.02. The number of anilines is 2. The molecule has 9 heteroatoms. The molecule has 1 heterocycles. The molecule has 1 N–H and O–H groups in total. The zero-order chi connectivity index (χ0) is 22.4. The van der Waals surface area contributed by atoms with E-state index in [1.165, 1.54) is 12.1 Å². The van der Waals surface area contributed by atoms with E-state index < -0.39 is 40.6 Å². The van der Waals surface area contributed by atoms with Crippen molar-refractivity contribution in [1.82, 2.24) is 0 Å². The van der Waals surface area contributed by atoms with E-state index in [9.17, 15) is 26.7 Å². The Bertz CT molecular complexity index is 984. The third kappa shape index (κ3) is 4.11. The number of carbonyl (C=O) groups is 1. The van der Waals surface area contributed by atoms with Crippen molar-refractivity contribution in [3.8, 4) is 0 Å². The Hall–Kier alpha value is -2.68. The van der Waals surface area contributed by atoms with Crippen molar-refractivity contribution in [3.05, 3.63) is 59.2 Å². The zero-order valence-corrected chi connectivity index (χ0v) is 16.7. The molecule has 2 aliphatic rings. The molecule has 1 aliphatic carbocycles. The number of carbonyl (C=O) groups excluding carboxylic acids is 1. The van der Waals surface area contributed by atoms with E-state index in [1.807, 2.05) is 4.90 Å². The molecule has 2 aromatic rings. The van der Waals surface area contributed by atoms with Gasteiger partial charge in [-0.25, -0.2) is 8.78 Å². The van der Waals surface area contributed by atoms with Crippen molar-refractivity contribution < 1.29 is 31.5 Å². The van der Waals surface area contributed by atoms with Crippen molar-refractivity contribution in [2.75, 3.05) is 36.5 Å². The number of morpholine rings is 1. The molecule has 2 unspecified atom stereocenters. The fourth-order valence-corrected chi connectivity index (χ4v) is 4.18. The molecule has 0 bridgehead atoms. The molecule has 0 aromatic heterocycles. The first-order chi connectivity index (χ1) is 14.6. The first kappa shape index (κ1) is 21.5. The maximum absolute atomic E-state index is 14.2. The summed E-state index contributed by atoms with van der Waals surface area (Å²) < 4.78 is 73.5. The number of alkyl halides is 3. The maximum atomic E-state index is 14.2. The van der Waals surface area contributed by atoms with Gasteiger partial charge in [0.25, 0.3) is 0 Å². The highest BCUT2D eigenvalue weighted by molar-refractivity contribution is 5.99. The molecule has 166 valence electrons. The molecular formula is C22H21F5N2O2. The Morgan fingerprint density at radius 2 is 1.77 bits per heavy atom. The van der Waals surface area contributed by atoms with Gasteiger partial charge in [0.15, 0.2) is 0 Å². The highest BCUT2D eigenvalue weighted by atomic mass is 19.4. The fourth-order valence-electron chi connectivity index (χ4n) is 4.18. The Labute approximate surface area is 176 Å². The lowest BCUT2D eigenvalue weighted by molar-refractivity contribution is -0.137. The van der Waals surface area contributed by atoms with Crippen LogP contribution < -0.4 is 10.2 Å². The minimum absolute atomic E-state index is 0.0185. The van der Waals surface area contributed by atoms with Crippen LogP contribution in [-0.2, 0) is 21.1 Å². The fraction of sp³-hybridized carbons (Fsp3) is 0.409. The van der Waals surface area contributed by atoms with Crippen LogP contribution in [0, 0.1) is 17.6 Å². The molecular weight excluding hydrogens is 419 g/mol. The standard InChI is InChI=1S/C22H21F5N2O2/c1-21(19-15(23)3-2-4-16(19)24)12-14(21)20(30)28-17-11-13(22(25,26)27)5-6-18(17)29-7-9-31-10-8-29/h2-6,11,14H,7-10,12H2,1H3,(H,28,30). The van der Waals surface area contributed by atoms with Crippen LogP contribution in [0.25, 0.3) is 0 Å². The minimum atomic E-state index is -4.58. The SMILES string of the molecule is CC1(c2c(F)cccc2F)CC1C(=O)Nc1cc(C(F)(F)F)ccc1N1CCOCC1. The summed E-state index contributed by atoms with van der Waals surface area (Å²) in [6, 6.07) is 6.68. The summed E-state index contributed by atoms with van der Waals surface area (Å²) in [7, 11) is 0. The number of benzene rings is 2. The molecule has 2 atom stereocenters. The molecule has 1 saturated heterocycles. The molecule has 1 amide bonds. The van der Waals surface area contributed by atoms with E-state index in [-0.39, 0.29) is 17.7 Å². The van der Waals surface area contributed by atoms with Gasteiger partial charge in [-0.05, 0) is 36.8 Å². The number of rotatable bonds is 4. The summed E-state index contributed by atoms with van der Waals surface area (Å²) in [4.78, 5) is 14.7. The van der Waals surface area contributed by atoms with Gasteiger partial charge in [0.1, 0.15) is 11.6 Å². The second-order valence-corrected chi connectivity index (χ2v) is 8.09. The van der Waals surface area contributed by atoms with E-state index in [0.29, 0.717) is 32.0 Å². The number of ether oxygens (including phenoxy) is 1. The second kappa shape index (κ2) is 7.78. The maximum Gasteiger partial charge on any atom is 0.416 e. The van der Waals surface area contributed by atoms with Crippen molar-refractivity contribution in [2.24, 2.45) is 5.92 Å². The van der Waals surface area contributed by atoms with Crippen LogP contribution in [0.1, 0.15) is 24.5 Å². The topological polar surface area (TPSA) is 41.6 Å². The number of hydrogen-bond acceptors (Lipinski definition) is 3. The van der Waals surface area contributed by atoms with Gasteiger partial charge in [0, 0.05) is 30.0 Å². The normalized spacial score (nSPS) is 23.5. The van der Waals surface area contributed by atoms with Gasteiger partial charge in [-0.1, -0.05) is 13.0 Å². The summed E-state index contributed by atoms with van der Waals surface area (Å²) in [5, 5.41) is 2.58. The van der Waals surface area contributed by atoms with Gasteiger partial charge < -0.3 is 15.0 Å². The Morgan fingerprint density at radius 3 is 2.39 bits per heavy atom. The zero-order valence-electron chi connectivity index (χ0n) is 16.7. The smallest absolute Gasteiger partial charge is 0.378 e. The lowest BCUT2D eigenvalue weighted by atomic mass is 9.94. The van der Waals surface area contributed by atoms with Crippen LogP contribution >= 0.6 is 0 Å². The largest absolute Gasteiger partial charge is 0.416 e. The first-order valence-corrected chi connectivity index (χ1v) is 9.90. The van der Waals surface area contributed by atoms with E-state index in [0.717, 1.165) is 24.3 Å². The second-order valence-electron chi connectivity index (χ2n) is 8.09. The first-order valence-electron chi connectivity index (χ1n) is 9.90. The molecule has 0 radical (unpaired) electrons. The summed E-state index contributed by atoms with van der Waals surface area (Å²) in [6.45, 7) is 3.35. The molecule has 1 saturated carbocycles. The van der Waals surface area contributed by atoms with Crippen LogP contribution in [0.2, 0.25) is 0 Å². The Morgan fingerprint density at radius 1 is 1.13 bits per heavy atom. The molecule has 2 aromatic carbocycles. The van der Waals surface area contributed by atoms with Crippen LogP contribution in [0.5, 0.6) is 0 Å². The molecule has 2 fully saturated rings. The summed E-state index contributed by atoms with van der Waals surface area (Å²) in [5.74, 6) is -2.82. The molecule has 4 nitrogen and oxygen atoms in total. The van der Waals surface area contributed by atoms with E-state index >= 15 is 0 Å². The van der Waals surface area contributed by atoms with Gasteiger partial charge in [-0.3, -0.25) is 4.79 Å². The number of halogens is 5. The van der Waals surface area contributed by atoms with Crippen LogP contribution in [0.3, 0.4) is 0 Å². The van der Waals surface area contributed by atoms with E-state index in [4.69, 9.17) is 4.74 Å². The van der Waals surface area contributed by atoms with Crippen molar-refractivity contribution in [3.63, 3.8) is 0 Å². The minimum Gasteiger partial charge on any atom is -0.378 e. The summed E-state index contributed by atoms with van der Waals surface area (Å²) in [5.41, 5.74) is -1.65. The van der Waals surface area contributed by atoms with Gasteiger partial charge >= 0.3 is 6.18 Å². The predicted molar refractivity (Wildman–Crippen MR) is 105 cm³/mol. The summed E-state index contributed by atoms with van der Waals surface area (Å²) in [6.07, 6.45) is -4.38. The Balaban J connectivity index is 1.61.